The second-order valence-electron chi connectivity index (χ2n) is 12.3. The second-order valence-corrected chi connectivity index (χ2v) is 13.3. The first-order chi connectivity index (χ1) is 21.1. The fraction of sp³-hybridized carbons (Fsp3) is 0.516. The highest BCUT2D eigenvalue weighted by Gasteiger charge is 2.51. The number of carbonyl (C=O) groups is 2. The van der Waals surface area contributed by atoms with Crippen LogP contribution < -0.4 is 20.3 Å². The van der Waals surface area contributed by atoms with Gasteiger partial charge in [0.2, 0.25) is 5.91 Å². The molecule has 13 heteroatoms. The third-order valence-corrected chi connectivity index (χ3v) is 11.0. The summed E-state index contributed by atoms with van der Waals surface area (Å²) in [6.07, 6.45) is -1.52. The van der Waals surface area contributed by atoms with E-state index in [0.717, 1.165) is 63.2 Å². The van der Waals surface area contributed by atoms with Crippen LogP contribution in [-0.2, 0) is 15.7 Å². The van der Waals surface area contributed by atoms with Gasteiger partial charge in [-0.3, -0.25) is 9.59 Å². The minimum absolute atomic E-state index is 0.0248. The summed E-state index contributed by atoms with van der Waals surface area (Å²) >= 11 is 1.44. The van der Waals surface area contributed by atoms with Gasteiger partial charge < -0.3 is 25.0 Å². The number of aromatic nitrogens is 1. The van der Waals surface area contributed by atoms with Gasteiger partial charge in [-0.15, -0.1) is 0 Å². The topological polar surface area (TPSA) is 92.8 Å². The van der Waals surface area contributed by atoms with E-state index in [0.29, 0.717) is 45.5 Å². The van der Waals surface area contributed by atoms with Crippen molar-refractivity contribution in [2.75, 3.05) is 43.6 Å². The zero-order valence-electron chi connectivity index (χ0n) is 24.0. The maximum atomic E-state index is 14.0. The first kappa shape index (κ1) is 29.3. The largest absolute Gasteiger partial charge is 0.496 e. The molecular weight excluding hydrogens is 600 g/mol. The number of hydrogen-bond donors (Lipinski definition) is 2. The van der Waals surface area contributed by atoms with Gasteiger partial charge in [0.25, 0.3) is 5.91 Å². The number of fused-ring (bicyclic) bond motifs is 4. The van der Waals surface area contributed by atoms with Crippen LogP contribution in [0.3, 0.4) is 0 Å². The summed E-state index contributed by atoms with van der Waals surface area (Å²) in [7, 11) is 1.50. The van der Waals surface area contributed by atoms with Crippen molar-refractivity contribution in [2.24, 2.45) is 29.6 Å². The predicted molar refractivity (Wildman–Crippen MR) is 156 cm³/mol. The number of nitrogens with zero attached hydrogens (tertiary/aromatic N) is 2. The molecule has 4 aliphatic rings. The third kappa shape index (κ3) is 5.17. The molecular formula is C31H32F4N4O4S. The monoisotopic (exact) mass is 632 g/mol. The molecule has 2 amide bonds. The molecule has 6 atom stereocenters. The highest BCUT2D eigenvalue weighted by Crippen LogP contribution is 2.49. The zero-order valence-corrected chi connectivity index (χ0v) is 24.8. The number of benzene rings is 2. The lowest BCUT2D eigenvalue weighted by Crippen LogP contribution is -2.48. The smallest absolute Gasteiger partial charge is 0.419 e. The van der Waals surface area contributed by atoms with Crippen molar-refractivity contribution in [3.8, 4) is 5.75 Å². The molecule has 7 rings (SSSR count). The summed E-state index contributed by atoms with van der Waals surface area (Å²) in [6, 6.07) is 5.44. The lowest BCUT2D eigenvalue weighted by Gasteiger charge is -2.31. The number of hydrogen-bond acceptors (Lipinski definition) is 7. The quantitative estimate of drug-likeness (QED) is 0.338. The number of rotatable bonds is 6. The van der Waals surface area contributed by atoms with E-state index in [-0.39, 0.29) is 23.4 Å². The molecule has 2 unspecified atom stereocenters. The molecule has 8 nitrogen and oxygen atoms in total. The van der Waals surface area contributed by atoms with Crippen LogP contribution in [-0.4, -0.2) is 56.3 Å². The fourth-order valence-electron chi connectivity index (χ4n) is 7.71. The average Bonchev–Trinajstić information content (AvgIpc) is 3.79. The highest BCUT2D eigenvalue weighted by molar-refractivity contribution is 7.22. The summed E-state index contributed by atoms with van der Waals surface area (Å²) in [5.74, 6) is -1.49. The Bertz CT molecular complexity index is 1600. The Balaban J connectivity index is 1.14. The molecule has 2 aromatic carbocycles. The van der Waals surface area contributed by atoms with Crippen LogP contribution in [0, 0.1) is 35.4 Å². The van der Waals surface area contributed by atoms with Crippen molar-refractivity contribution < 1.29 is 36.6 Å². The van der Waals surface area contributed by atoms with Crippen LogP contribution in [0.1, 0.15) is 41.6 Å². The molecule has 2 bridgehead atoms. The average molecular weight is 633 g/mol. The lowest BCUT2D eigenvalue weighted by atomic mass is 9.83. The summed E-state index contributed by atoms with van der Waals surface area (Å²) in [6.45, 7) is 3.27. The molecule has 3 aromatic rings. The lowest BCUT2D eigenvalue weighted by molar-refractivity contribution is -0.140. The van der Waals surface area contributed by atoms with E-state index in [1.807, 2.05) is 6.07 Å². The Kier molecular flexibility index (Phi) is 7.43. The van der Waals surface area contributed by atoms with Gasteiger partial charge in [-0.05, 0) is 73.8 Å². The van der Waals surface area contributed by atoms with Gasteiger partial charge in [-0.2, -0.15) is 13.2 Å². The minimum Gasteiger partial charge on any atom is -0.496 e. The first-order valence-corrected chi connectivity index (χ1v) is 15.7. The molecule has 1 aromatic heterocycles. The second kappa shape index (κ2) is 11.2. The summed E-state index contributed by atoms with van der Waals surface area (Å²) in [5, 5.41) is 6.50. The van der Waals surface area contributed by atoms with Crippen molar-refractivity contribution in [2.45, 2.75) is 37.9 Å². The molecule has 2 saturated carbocycles. The number of ether oxygens (including phenoxy) is 2. The molecule has 44 heavy (non-hydrogen) atoms. The third-order valence-electron chi connectivity index (χ3n) is 9.82. The minimum atomic E-state index is -4.90. The Morgan fingerprint density at radius 3 is 2.64 bits per heavy atom. The molecule has 2 aliphatic carbocycles. The van der Waals surface area contributed by atoms with E-state index in [9.17, 15) is 27.2 Å². The highest BCUT2D eigenvalue weighted by atomic mass is 32.1. The number of methoxy groups -OCH3 is 1. The number of carbonyl (C=O) groups excluding carboxylic acids is 2. The molecule has 2 aliphatic heterocycles. The van der Waals surface area contributed by atoms with Crippen molar-refractivity contribution in [3.05, 3.63) is 47.3 Å². The van der Waals surface area contributed by atoms with E-state index in [1.165, 1.54) is 18.4 Å². The Morgan fingerprint density at radius 1 is 1.07 bits per heavy atom. The number of nitrogens with one attached hydrogen (secondary N) is 2. The van der Waals surface area contributed by atoms with E-state index in [2.05, 4.69) is 15.5 Å². The van der Waals surface area contributed by atoms with Crippen LogP contribution in [0.5, 0.6) is 5.75 Å². The molecule has 4 fully saturated rings. The number of alkyl halides is 3. The van der Waals surface area contributed by atoms with Gasteiger partial charge >= 0.3 is 6.18 Å². The fourth-order valence-corrected chi connectivity index (χ4v) is 8.83. The maximum absolute atomic E-state index is 14.0. The first-order valence-electron chi connectivity index (χ1n) is 14.9. The van der Waals surface area contributed by atoms with Crippen molar-refractivity contribution in [3.63, 3.8) is 0 Å². The Morgan fingerprint density at radius 2 is 1.86 bits per heavy atom. The molecule has 0 radical (unpaired) electrons. The normalized spacial score (nSPS) is 27.9. The van der Waals surface area contributed by atoms with E-state index >= 15 is 0 Å². The zero-order chi connectivity index (χ0) is 30.7. The van der Waals surface area contributed by atoms with Crippen LogP contribution in [0.15, 0.2) is 30.3 Å². The van der Waals surface area contributed by atoms with Gasteiger partial charge in [0.05, 0.1) is 35.4 Å². The number of anilines is 2. The SMILES string of the molecule is COc1ccc2nc(N3CC4CCOCC4C3)sc2c1C(=O)N[C@@H]1[C@H]2CC[C@H](C2)[C@@H]1C(=O)Nc1ccc(F)c(C(F)(F)F)c1. The molecule has 0 spiro atoms. The summed E-state index contributed by atoms with van der Waals surface area (Å²) < 4.78 is 65.6. The number of amides is 2. The molecule has 3 heterocycles. The maximum Gasteiger partial charge on any atom is 0.419 e. The van der Waals surface area contributed by atoms with Gasteiger partial charge in [-0.25, -0.2) is 9.37 Å². The Labute approximate surface area is 255 Å². The van der Waals surface area contributed by atoms with Crippen molar-refractivity contribution >= 4 is 44.2 Å². The summed E-state index contributed by atoms with van der Waals surface area (Å²) in [5.41, 5.74) is -0.558. The van der Waals surface area contributed by atoms with Crippen molar-refractivity contribution in [1.29, 1.82) is 0 Å². The van der Waals surface area contributed by atoms with Gasteiger partial charge in [-0.1, -0.05) is 11.3 Å². The van der Waals surface area contributed by atoms with E-state index < -0.39 is 35.4 Å². The van der Waals surface area contributed by atoms with Crippen LogP contribution >= 0.6 is 11.3 Å². The number of halogens is 4. The van der Waals surface area contributed by atoms with Gasteiger partial charge in [0.1, 0.15) is 17.1 Å². The van der Waals surface area contributed by atoms with Crippen LogP contribution in [0.25, 0.3) is 10.2 Å². The Hall–Kier alpha value is -3.45. The number of thiazole rings is 1. The molecule has 234 valence electrons. The summed E-state index contributed by atoms with van der Waals surface area (Å²) in [4.78, 5) is 34.6. The van der Waals surface area contributed by atoms with Gasteiger partial charge in [0.15, 0.2) is 5.13 Å². The van der Waals surface area contributed by atoms with Crippen LogP contribution in [0.2, 0.25) is 0 Å². The standard InChI is InChI=1S/C31H32F4N4O4S/c1-42-23-7-6-22-27(44-30(37-22)39-12-17-8-9-43-14-18(17)13-39)25(23)29(41)38-26-16-3-2-15(10-16)24(26)28(40)36-19-4-5-21(32)20(11-19)31(33,34)35/h4-7,11,15-18,24,26H,2-3,8-10,12-14H2,1H3,(H,36,40)(H,38,41)/t15-,16+,17?,18?,24+,26-/m1/s1. The van der Waals surface area contributed by atoms with Crippen LogP contribution in [0.4, 0.5) is 28.4 Å². The molecule has 2 N–H and O–H groups in total. The molecule has 2 saturated heterocycles. The van der Waals surface area contributed by atoms with E-state index in [1.54, 1.807) is 6.07 Å². The van der Waals surface area contributed by atoms with E-state index in [4.69, 9.17) is 14.5 Å². The van der Waals surface area contributed by atoms with Crippen molar-refractivity contribution in [1.82, 2.24) is 10.3 Å². The van der Waals surface area contributed by atoms with Gasteiger partial charge in [0, 0.05) is 37.3 Å². The predicted octanol–water partition coefficient (Wildman–Crippen LogP) is 5.72.